The first-order valence-corrected chi connectivity index (χ1v) is 10.8. The predicted molar refractivity (Wildman–Crippen MR) is 132 cm³/mol. The summed E-state index contributed by atoms with van der Waals surface area (Å²) in [5, 5.41) is 27.4. The van der Waals surface area contributed by atoms with Gasteiger partial charge in [0.05, 0.1) is 0 Å². The standard InChI is InChI=1S/C30H22O2/c1-30(22-9-13-24(31)14-10-22,23-11-15-25(32)16-12-23)27-18-8-21-6-5-19-3-2-4-20-7-17-26(27)29(21)28(19)20/h2-18,31-32H,1H3. The molecule has 6 rings (SSSR count). The average Bonchev–Trinajstić information content (AvgIpc) is 2.83. The lowest BCUT2D eigenvalue weighted by Gasteiger charge is -2.33. The van der Waals surface area contributed by atoms with Gasteiger partial charge in [-0.1, -0.05) is 78.9 Å². The number of benzene rings is 6. The summed E-state index contributed by atoms with van der Waals surface area (Å²) in [5.74, 6) is 0.495. The molecule has 0 saturated heterocycles. The van der Waals surface area contributed by atoms with E-state index in [1.807, 2.05) is 24.3 Å². The van der Waals surface area contributed by atoms with E-state index in [9.17, 15) is 10.2 Å². The van der Waals surface area contributed by atoms with Gasteiger partial charge in [0.25, 0.3) is 0 Å². The Kier molecular flexibility index (Phi) is 3.93. The van der Waals surface area contributed by atoms with E-state index in [4.69, 9.17) is 0 Å². The van der Waals surface area contributed by atoms with Crippen LogP contribution in [0.3, 0.4) is 0 Å². The first kappa shape index (κ1) is 18.7. The lowest BCUT2D eigenvalue weighted by atomic mass is 9.69. The van der Waals surface area contributed by atoms with Crippen LogP contribution in [0, 0.1) is 0 Å². The summed E-state index contributed by atoms with van der Waals surface area (Å²) >= 11 is 0. The van der Waals surface area contributed by atoms with E-state index in [1.54, 1.807) is 24.3 Å². The van der Waals surface area contributed by atoms with Crippen molar-refractivity contribution in [3.63, 3.8) is 0 Å². The van der Waals surface area contributed by atoms with E-state index < -0.39 is 5.41 Å². The highest BCUT2D eigenvalue weighted by Gasteiger charge is 2.33. The number of phenols is 2. The van der Waals surface area contributed by atoms with Crippen LogP contribution in [0.2, 0.25) is 0 Å². The summed E-state index contributed by atoms with van der Waals surface area (Å²) in [7, 11) is 0. The van der Waals surface area contributed by atoms with Gasteiger partial charge in [0.15, 0.2) is 0 Å². The summed E-state index contributed by atoms with van der Waals surface area (Å²) in [5.41, 5.74) is 2.87. The summed E-state index contributed by atoms with van der Waals surface area (Å²) in [4.78, 5) is 0. The number of hydrogen-bond acceptors (Lipinski definition) is 2. The van der Waals surface area contributed by atoms with Crippen molar-refractivity contribution in [1.82, 2.24) is 0 Å². The van der Waals surface area contributed by atoms with Crippen LogP contribution in [0.1, 0.15) is 23.6 Å². The van der Waals surface area contributed by atoms with Crippen LogP contribution in [-0.2, 0) is 5.41 Å². The molecule has 0 aliphatic carbocycles. The average molecular weight is 415 g/mol. The zero-order chi connectivity index (χ0) is 21.9. The Labute approximate surface area is 186 Å². The summed E-state index contributed by atoms with van der Waals surface area (Å²) in [6, 6.07) is 34.6. The van der Waals surface area contributed by atoms with Gasteiger partial charge in [-0.2, -0.15) is 0 Å². The van der Waals surface area contributed by atoms with Crippen molar-refractivity contribution >= 4 is 32.3 Å². The number of aromatic hydroxyl groups is 2. The maximum absolute atomic E-state index is 9.92. The van der Waals surface area contributed by atoms with Gasteiger partial charge in [0.1, 0.15) is 11.5 Å². The second-order valence-electron chi connectivity index (χ2n) is 8.69. The fourth-order valence-corrected chi connectivity index (χ4v) is 5.24. The molecule has 154 valence electrons. The maximum atomic E-state index is 9.92. The molecular formula is C30H22O2. The van der Waals surface area contributed by atoms with Gasteiger partial charge in [0.2, 0.25) is 0 Å². The Balaban J connectivity index is 1.74. The van der Waals surface area contributed by atoms with E-state index in [0.29, 0.717) is 0 Å². The van der Waals surface area contributed by atoms with Crippen LogP contribution in [0.4, 0.5) is 0 Å². The molecule has 2 N–H and O–H groups in total. The first-order valence-electron chi connectivity index (χ1n) is 10.8. The molecular weight excluding hydrogens is 392 g/mol. The minimum atomic E-state index is -0.482. The van der Waals surface area contributed by atoms with Crippen molar-refractivity contribution in [3.05, 3.63) is 120 Å². The molecule has 2 nitrogen and oxygen atoms in total. The lowest BCUT2D eigenvalue weighted by Crippen LogP contribution is -2.25. The summed E-state index contributed by atoms with van der Waals surface area (Å²) in [6.07, 6.45) is 0. The van der Waals surface area contributed by atoms with E-state index in [-0.39, 0.29) is 11.5 Å². The van der Waals surface area contributed by atoms with Crippen molar-refractivity contribution in [1.29, 1.82) is 0 Å². The molecule has 0 heterocycles. The van der Waals surface area contributed by atoms with Gasteiger partial charge in [-0.3, -0.25) is 0 Å². The summed E-state index contributed by atoms with van der Waals surface area (Å²) < 4.78 is 0. The molecule has 2 heteroatoms. The van der Waals surface area contributed by atoms with E-state index in [1.165, 1.54) is 37.9 Å². The third-order valence-corrected chi connectivity index (χ3v) is 6.96. The molecule has 0 spiro atoms. The van der Waals surface area contributed by atoms with E-state index >= 15 is 0 Å². The number of hydrogen-bond donors (Lipinski definition) is 2. The highest BCUT2D eigenvalue weighted by molar-refractivity contribution is 6.23. The minimum absolute atomic E-state index is 0.247. The topological polar surface area (TPSA) is 40.5 Å². The highest BCUT2D eigenvalue weighted by Crippen LogP contribution is 2.45. The van der Waals surface area contributed by atoms with Gasteiger partial charge in [-0.05, 0) is 80.2 Å². The fraction of sp³-hybridized carbons (Fsp3) is 0.0667. The zero-order valence-electron chi connectivity index (χ0n) is 17.7. The number of phenolic OH excluding ortho intramolecular Hbond substituents is 2. The highest BCUT2D eigenvalue weighted by atomic mass is 16.3. The van der Waals surface area contributed by atoms with Gasteiger partial charge in [-0.15, -0.1) is 0 Å². The molecule has 6 aromatic carbocycles. The molecule has 0 aromatic heterocycles. The smallest absolute Gasteiger partial charge is 0.115 e. The van der Waals surface area contributed by atoms with Crippen LogP contribution in [0.5, 0.6) is 11.5 Å². The summed E-state index contributed by atoms with van der Waals surface area (Å²) in [6.45, 7) is 2.22. The molecule has 0 radical (unpaired) electrons. The van der Waals surface area contributed by atoms with Crippen LogP contribution in [-0.4, -0.2) is 10.2 Å². The van der Waals surface area contributed by atoms with Crippen LogP contribution >= 0.6 is 0 Å². The van der Waals surface area contributed by atoms with Gasteiger partial charge >= 0.3 is 0 Å². The van der Waals surface area contributed by atoms with E-state index in [2.05, 4.69) is 61.5 Å². The third kappa shape index (κ3) is 2.59. The molecule has 0 aliphatic rings. The Bertz CT molecular complexity index is 1520. The molecule has 32 heavy (non-hydrogen) atoms. The van der Waals surface area contributed by atoms with Gasteiger partial charge in [0, 0.05) is 5.41 Å². The Morgan fingerprint density at radius 2 is 0.969 bits per heavy atom. The van der Waals surface area contributed by atoms with Gasteiger partial charge < -0.3 is 10.2 Å². The fourth-order valence-electron chi connectivity index (χ4n) is 5.24. The number of rotatable bonds is 3. The van der Waals surface area contributed by atoms with E-state index in [0.717, 1.165) is 11.1 Å². The Morgan fingerprint density at radius 3 is 1.53 bits per heavy atom. The molecule has 0 aliphatic heterocycles. The second kappa shape index (κ2) is 6.73. The molecule has 0 atom stereocenters. The molecule has 6 aromatic rings. The molecule has 0 saturated carbocycles. The SMILES string of the molecule is CC(c1ccc(O)cc1)(c1ccc(O)cc1)c1ccc2ccc3cccc4ccc1c2c34. The minimum Gasteiger partial charge on any atom is -0.508 e. The predicted octanol–water partition coefficient (Wildman–Crippen LogP) is 7.35. The zero-order valence-corrected chi connectivity index (χ0v) is 17.7. The normalized spacial score (nSPS) is 12.2. The van der Waals surface area contributed by atoms with Crippen molar-refractivity contribution in [2.45, 2.75) is 12.3 Å². The first-order chi connectivity index (χ1) is 15.6. The van der Waals surface area contributed by atoms with Crippen LogP contribution in [0.15, 0.2) is 103 Å². The quantitative estimate of drug-likeness (QED) is 0.235. The second-order valence-corrected chi connectivity index (χ2v) is 8.69. The molecule has 0 unspecified atom stereocenters. The Morgan fingerprint density at radius 1 is 0.500 bits per heavy atom. The van der Waals surface area contributed by atoms with Crippen LogP contribution in [0.25, 0.3) is 32.3 Å². The van der Waals surface area contributed by atoms with Crippen molar-refractivity contribution < 1.29 is 10.2 Å². The Hall–Kier alpha value is -4.04. The molecule has 0 amide bonds. The third-order valence-electron chi connectivity index (χ3n) is 6.96. The molecule has 0 bridgehead atoms. The maximum Gasteiger partial charge on any atom is 0.115 e. The lowest BCUT2D eigenvalue weighted by molar-refractivity contribution is 0.474. The van der Waals surface area contributed by atoms with Crippen molar-refractivity contribution in [3.8, 4) is 11.5 Å². The van der Waals surface area contributed by atoms with Crippen molar-refractivity contribution in [2.24, 2.45) is 0 Å². The monoisotopic (exact) mass is 414 g/mol. The largest absolute Gasteiger partial charge is 0.508 e. The van der Waals surface area contributed by atoms with Crippen LogP contribution < -0.4 is 0 Å². The van der Waals surface area contributed by atoms with Crippen molar-refractivity contribution in [2.75, 3.05) is 0 Å². The van der Waals surface area contributed by atoms with Gasteiger partial charge in [-0.25, -0.2) is 0 Å². The molecule has 0 fully saturated rings.